The van der Waals surface area contributed by atoms with Crippen molar-refractivity contribution in [3.63, 3.8) is 0 Å². The van der Waals surface area contributed by atoms with E-state index < -0.39 is 5.97 Å². The Morgan fingerprint density at radius 1 is 1.26 bits per heavy atom. The van der Waals surface area contributed by atoms with Gasteiger partial charge in [0.05, 0.1) is 19.2 Å². The number of rotatable bonds is 8. The Hall–Kier alpha value is -1.14. The smallest absolute Gasteiger partial charge is 0.317 e. The normalized spacial score (nSPS) is 22.7. The van der Waals surface area contributed by atoms with E-state index in [1.54, 1.807) is 4.90 Å². The van der Waals surface area contributed by atoms with Gasteiger partial charge in [0.2, 0.25) is 5.91 Å². The fourth-order valence-corrected chi connectivity index (χ4v) is 2.33. The zero-order valence-corrected chi connectivity index (χ0v) is 11.1. The van der Waals surface area contributed by atoms with E-state index in [2.05, 4.69) is 5.32 Å². The molecule has 0 aromatic carbocycles. The topological polar surface area (TPSA) is 78.9 Å². The van der Waals surface area contributed by atoms with E-state index in [-0.39, 0.29) is 25.1 Å². The van der Waals surface area contributed by atoms with Crippen molar-refractivity contribution < 1.29 is 19.4 Å². The Balaban J connectivity index is 1.68. The van der Waals surface area contributed by atoms with Crippen molar-refractivity contribution >= 4 is 11.9 Å². The lowest BCUT2D eigenvalue weighted by Gasteiger charge is -2.20. The predicted octanol–water partition coefficient (Wildman–Crippen LogP) is 0.0782. The Kier molecular flexibility index (Phi) is 5.15. The van der Waals surface area contributed by atoms with E-state index in [0.29, 0.717) is 19.0 Å². The highest BCUT2D eigenvalue weighted by atomic mass is 16.5. The molecule has 1 heterocycles. The molecule has 108 valence electrons. The number of nitrogens with zero attached hydrogens (tertiary/aromatic N) is 1. The van der Waals surface area contributed by atoms with Gasteiger partial charge in [-0.05, 0) is 31.6 Å². The molecular formula is C13H22N2O4. The molecule has 0 aromatic heterocycles. The Bertz CT molecular complexity index is 325. The van der Waals surface area contributed by atoms with E-state index in [0.717, 1.165) is 32.3 Å². The molecular weight excluding hydrogens is 248 g/mol. The molecule has 0 bridgehead atoms. The van der Waals surface area contributed by atoms with E-state index in [1.807, 2.05) is 0 Å². The summed E-state index contributed by atoms with van der Waals surface area (Å²) in [6, 6.07) is 0. The largest absolute Gasteiger partial charge is 0.480 e. The Morgan fingerprint density at radius 3 is 2.63 bits per heavy atom. The van der Waals surface area contributed by atoms with Gasteiger partial charge in [-0.25, -0.2) is 0 Å². The van der Waals surface area contributed by atoms with Crippen LogP contribution in [-0.2, 0) is 14.3 Å². The van der Waals surface area contributed by atoms with Crippen molar-refractivity contribution in [1.29, 1.82) is 0 Å². The SMILES string of the molecule is O=C(O)CN(CC(=O)NCC1CCCO1)CC1CC1. The summed E-state index contributed by atoms with van der Waals surface area (Å²) in [7, 11) is 0. The first-order chi connectivity index (χ1) is 9.13. The van der Waals surface area contributed by atoms with Crippen LogP contribution in [0.5, 0.6) is 0 Å². The maximum Gasteiger partial charge on any atom is 0.317 e. The van der Waals surface area contributed by atoms with E-state index >= 15 is 0 Å². The highest BCUT2D eigenvalue weighted by molar-refractivity contribution is 5.79. The van der Waals surface area contributed by atoms with Crippen LogP contribution in [0, 0.1) is 5.92 Å². The van der Waals surface area contributed by atoms with Gasteiger partial charge in [-0.1, -0.05) is 0 Å². The summed E-state index contributed by atoms with van der Waals surface area (Å²) in [5, 5.41) is 11.7. The molecule has 19 heavy (non-hydrogen) atoms. The van der Waals surface area contributed by atoms with Crippen molar-refractivity contribution in [2.45, 2.75) is 31.8 Å². The third-order valence-electron chi connectivity index (χ3n) is 3.49. The van der Waals surface area contributed by atoms with Gasteiger partial charge < -0.3 is 15.2 Å². The summed E-state index contributed by atoms with van der Waals surface area (Å²) in [6.07, 6.45) is 4.45. The number of carbonyl (C=O) groups is 2. The predicted molar refractivity (Wildman–Crippen MR) is 68.8 cm³/mol. The van der Waals surface area contributed by atoms with E-state index in [9.17, 15) is 9.59 Å². The van der Waals surface area contributed by atoms with Gasteiger partial charge in [-0.15, -0.1) is 0 Å². The number of nitrogens with one attached hydrogen (secondary N) is 1. The van der Waals surface area contributed by atoms with Crippen molar-refractivity contribution in [2.24, 2.45) is 5.92 Å². The van der Waals surface area contributed by atoms with Crippen LogP contribution < -0.4 is 5.32 Å². The molecule has 0 aromatic rings. The molecule has 2 fully saturated rings. The maximum absolute atomic E-state index is 11.8. The molecule has 0 spiro atoms. The molecule has 2 rings (SSSR count). The minimum atomic E-state index is -0.882. The van der Waals surface area contributed by atoms with Gasteiger partial charge in [0.25, 0.3) is 0 Å². The lowest BCUT2D eigenvalue weighted by atomic mass is 10.2. The minimum Gasteiger partial charge on any atom is -0.480 e. The second-order valence-electron chi connectivity index (χ2n) is 5.45. The number of carbonyl (C=O) groups excluding carboxylic acids is 1. The minimum absolute atomic E-state index is 0.0656. The molecule has 1 aliphatic carbocycles. The van der Waals surface area contributed by atoms with Crippen LogP contribution in [0.2, 0.25) is 0 Å². The number of carboxylic acid groups (broad SMARTS) is 1. The molecule has 1 aliphatic heterocycles. The number of ether oxygens (including phenoxy) is 1. The monoisotopic (exact) mass is 270 g/mol. The first kappa shape index (κ1) is 14.3. The van der Waals surface area contributed by atoms with Crippen LogP contribution in [-0.4, -0.2) is 60.8 Å². The van der Waals surface area contributed by atoms with Crippen LogP contribution >= 0.6 is 0 Å². The molecule has 2 aliphatic rings. The van der Waals surface area contributed by atoms with Crippen molar-refractivity contribution in [1.82, 2.24) is 10.2 Å². The summed E-state index contributed by atoms with van der Waals surface area (Å²) < 4.78 is 5.42. The molecule has 1 unspecified atom stereocenters. The molecule has 6 nitrogen and oxygen atoms in total. The van der Waals surface area contributed by atoms with Crippen molar-refractivity contribution in [3.8, 4) is 0 Å². The lowest BCUT2D eigenvalue weighted by Crippen LogP contribution is -2.42. The van der Waals surface area contributed by atoms with E-state index in [4.69, 9.17) is 9.84 Å². The summed E-state index contributed by atoms with van der Waals surface area (Å²) in [5.41, 5.74) is 0. The standard InChI is InChI=1S/C13H22N2O4/c16-12(14-6-11-2-1-5-19-11)8-15(9-13(17)18)7-10-3-4-10/h10-11H,1-9H2,(H,14,16)(H,17,18). The average Bonchev–Trinajstić information content (AvgIpc) is 2.99. The second kappa shape index (κ2) is 6.86. The number of amides is 1. The molecule has 1 saturated heterocycles. The van der Waals surface area contributed by atoms with Crippen LogP contribution in [0.25, 0.3) is 0 Å². The Labute approximate surface area is 113 Å². The van der Waals surface area contributed by atoms with Crippen LogP contribution in [0.15, 0.2) is 0 Å². The zero-order valence-electron chi connectivity index (χ0n) is 11.1. The third-order valence-corrected chi connectivity index (χ3v) is 3.49. The van der Waals surface area contributed by atoms with Gasteiger partial charge in [0.1, 0.15) is 0 Å². The van der Waals surface area contributed by atoms with Crippen molar-refractivity contribution in [2.75, 3.05) is 32.8 Å². The van der Waals surface area contributed by atoms with Crippen LogP contribution in [0.4, 0.5) is 0 Å². The van der Waals surface area contributed by atoms with Gasteiger partial charge >= 0.3 is 5.97 Å². The summed E-state index contributed by atoms with van der Waals surface area (Å²) in [6.45, 7) is 2.11. The van der Waals surface area contributed by atoms with Crippen molar-refractivity contribution in [3.05, 3.63) is 0 Å². The summed E-state index contributed by atoms with van der Waals surface area (Å²) >= 11 is 0. The van der Waals surface area contributed by atoms with Gasteiger partial charge in [0.15, 0.2) is 0 Å². The summed E-state index contributed by atoms with van der Waals surface area (Å²) in [5.74, 6) is -0.421. The fourth-order valence-electron chi connectivity index (χ4n) is 2.33. The highest BCUT2D eigenvalue weighted by Gasteiger charge is 2.26. The fraction of sp³-hybridized carbons (Fsp3) is 0.846. The average molecular weight is 270 g/mol. The summed E-state index contributed by atoms with van der Waals surface area (Å²) in [4.78, 5) is 24.3. The third kappa shape index (κ3) is 5.57. The number of aliphatic carboxylic acids is 1. The Morgan fingerprint density at radius 2 is 2.05 bits per heavy atom. The zero-order chi connectivity index (χ0) is 13.7. The number of hydrogen-bond acceptors (Lipinski definition) is 4. The first-order valence-corrected chi connectivity index (χ1v) is 6.96. The van der Waals surface area contributed by atoms with Gasteiger partial charge in [-0.3, -0.25) is 14.5 Å². The molecule has 2 N–H and O–H groups in total. The molecule has 1 amide bonds. The van der Waals surface area contributed by atoms with Crippen LogP contribution in [0.3, 0.4) is 0 Å². The molecule has 6 heteroatoms. The van der Waals surface area contributed by atoms with Gasteiger partial charge in [-0.2, -0.15) is 0 Å². The highest BCUT2D eigenvalue weighted by Crippen LogP contribution is 2.29. The number of carboxylic acids is 1. The number of hydrogen-bond donors (Lipinski definition) is 2. The molecule has 1 atom stereocenters. The second-order valence-corrected chi connectivity index (χ2v) is 5.45. The molecule has 1 saturated carbocycles. The van der Waals surface area contributed by atoms with E-state index in [1.165, 1.54) is 0 Å². The quantitative estimate of drug-likeness (QED) is 0.653. The maximum atomic E-state index is 11.8. The lowest BCUT2D eigenvalue weighted by molar-refractivity contribution is -0.138. The van der Waals surface area contributed by atoms with Crippen LogP contribution in [0.1, 0.15) is 25.7 Å². The first-order valence-electron chi connectivity index (χ1n) is 6.96. The molecule has 0 radical (unpaired) electrons. The van der Waals surface area contributed by atoms with Gasteiger partial charge in [0, 0.05) is 19.7 Å².